The maximum atomic E-state index is 5.81. The second-order valence-electron chi connectivity index (χ2n) is 4.10. The van der Waals surface area contributed by atoms with E-state index in [1.807, 2.05) is 31.3 Å². The zero-order valence-corrected chi connectivity index (χ0v) is 10.8. The van der Waals surface area contributed by atoms with Crippen LogP contribution in [0.15, 0.2) is 42.6 Å². The Morgan fingerprint density at radius 3 is 2.61 bits per heavy atom. The maximum Gasteiger partial charge on any atom is 0.223 e. The van der Waals surface area contributed by atoms with Gasteiger partial charge >= 0.3 is 0 Å². The standard InChI is InChI=1S/C15H18N2O/c1-3-12-6-8-14(9-7-12)18-15-13(11-16-2)5-4-10-17-15/h4-10,16H,3,11H2,1-2H3. The molecule has 1 aromatic carbocycles. The Morgan fingerprint density at radius 1 is 1.17 bits per heavy atom. The molecular formula is C15H18N2O. The third kappa shape index (κ3) is 3.08. The lowest BCUT2D eigenvalue weighted by Crippen LogP contribution is -2.07. The lowest BCUT2D eigenvalue weighted by atomic mass is 10.2. The van der Waals surface area contributed by atoms with Gasteiger partial charge in [0.25, 0.3) is 0 Å². The molecule has 0 aliphatic rings. The summed E-state index contributed by atoms with van der Waals surface area (Å²) in [5, 5.41) is 3.11. The number of hydrogen-bond acceptors (Lipinski definition) is 3. The minimum atomic E-state index is 0.663. The van der Waals surface area contributed by atoms with Crippen molar-refractivity contribution >= 4 is 0 Å². The smallest absolute Gasteiger partial charge is 0.223 e. The van der Waals surface area contributed by atoms with Crippen LogP contribution in [0.4, 0.5) is 0 Å². The molecule has 0 bridgehead atoms. The number of rotatable bonds is 5. The third-order valence-corrected chi connectivity index (χ3v) is 2.76. The molecule has 0 aliphatic heterocycles. The first-order valence-corrected chi connectivity index (χ1v) is 6.18. The Morgan fingerprint density at radius 2 is 1.94 bits per heavy atom. The van der Waals surface area contributed by atoms with Gasteiger partial charge in [-0.05, 0) is 37.2 Å². The average Bonchev–Trinajstić information content (AvgIpc) is 2.42. The van der Waals surface area contributed by atoms with Crippen molar-refractivity contribution in [3.8, 4) is 11.6 Å². The fraction of sp³-hybridized carbons (Fsp3) is 0.267. The van der Waals surface area contributed by atoms with Crippen LogP contribution in [-0.4, -0.2) is 12.0 Å². The quantitative estimate of drug-likeness (QED) is 0.874. The van der Waals surface area contributed by atoms with Crippen molar-refractivity contribution in [1.29, 1.82) is 0 Å². The summed E-state index contributed by atoms with van der Waals surface area (Å²) in [5.41, 5.74) is 2.36. The molecule has 2 rings (SSSR count). The SMILES string of the molecule is CCc1ccc(Oc2ncccc2CNC)cc1. The number of ether oxygens (including phenoxy) is 1. The summed E-state index contributed by atoms with van der Waals surface area (Å²) >= 11 is 0. The number of benzene rings is 1. The van der Waals surface area contributed by atoms with Gasteiger partial charge in [-0.3, -0.25) is 0 Å². The lowest BCUT2D eigenvalue weighted by molar-refractivity contribution is 0.454. The van der Waals surface area contributed by atoms with Gasteiger partial charge in [0.05, 0.1) is 0 Å². The number of hydrogen-bond donors (Lipinski definition) is 1. The van der Waals surface area contributed by atoms with E-state index >= 15 is 0 Å². The average molecular weight is 242 g/mol. The van der Waals surface area contributed by atoms with Crippen molar-refractivity contribution in [2.24, 2.45) is 0 Å². The molecule has 0 amide bonds. The van der Waals surface area contributed by atoms with Gasteiger partial charge in [-0.1, -0.05) is 25.1 Å². The fourth-order valence-electron chi connectivity index (χ4n) is 1.75. The van der Waals surface area contributed by atoms with Gasteiger partial charge in [0.2, 0.25) is 5.88 Å². The van der Waals surface area contributed by atoms with E-state index in [2.05, 4.69) is 29.4 Å². The summed E-state index contributed by atoms with van der Waals surface area (Å²) in [5.74, 6) is 1.49. The Kier molecular flexibility index (Phi) is 4.31. The molecule has 0 saturated heterocycles. The summed E-state index contributed by atoms with van der Waals surface area (Å²) in [6, 6.07) is 12.1. The Balaban J connectivity index is 2.17. The van der Waals surface area contributed by atoms with Crippen LogP contribution in [0, 0.1) is 0 Å². The topological polar surface area (TPSA) is 34.1 Å². The number of aromatic nitrogens is 1. The van der Waals surface area contributed by atoms with E-state index in [-0.39, 0.29) is 0 Å². The van der Waals surface area contributed by atoms with Crippen LogP contribution in [0.5, 0.6) is 11.6 Å². The minimum absolute atomic E-state index is 0.663. The molecule has 2 aromatic rings. The van der Waals surface area contributed by atoms with Crippen LogP contribution in [0.1, 0.15) is 18.1 Å². The van der Waals surface area contributed by atoms with Gasteiger partial charge in [0, 0.05) is 18.3 Å². The summed E-state index contributed by atoms with van der Waals surface area (Å²) in [4.78, 5) is 4.27. The van der Waals surface area contributed by atoms with Crippen molar-refractivity contribution in [2.75, 3.05) is 7.05 Å². The number of nitrogens with zero attached hydrogens (tertiary/aromatic N) is 1. The normalized spacial score (nSPS) is 10.3. The second kappa shape index (κ2) is 6.17. The van der Waals surface area contributed by atoms with E-state index in [9.17, 15) is 0 Å². The van der Waals surface area contributed by atoms with E-state index in [0.29, 0.717) is 5.88 Å². The van der Waals surface area contributed by atoms with Crippen molar-refractivity contribution < 1.29 is 4.74 Å². The minimum Gasteiger partial charge on any atom is -0.439 e. The molecular weight excluding hydrogens is 224 g/mol. The van der Waals surface area contributed by atoms with Crippen LogP contribution in [0.25, 0.3) is 0 Å². The summed E-state index contributed by atoms with van der Waals surface area (Å²) in [6.07, 6.45) is 2.78. The maximum absolute atomic E-state index is 5.81. The zero-order valence-electron chi connectivity index (χ0n) is 10.8. The van der Waals surface area contributed by atoms with E-state index < -0.39 is 0 Å². The predicted octanol–water partition coefficient (Wildman–Crippen LogP) is 3.16. The predicted molar refractivity (Wildman–Crippen MR) is 72.9 cm³/mol. The molecule has 1 N–H and O–H groups in total. The summed E-state index contributed by atoms with van der Waals surface area (Å²) in [7, 11) is 1.91. The van der Waals surface area contributed by atoms with Crippen LogP contribution < -0.4 is 10.1 Å². The van der Waals surface area contributed by atoms with Crippen LogP contribution in [0.2, 0.25) is 0 Å². The van der Waals surface area contributed by atoms with Crippen molar-refractivity contribution in [3.63, 3.8) is 0 Å². The number of pyridine rings is 1. The van der Waals surface area contributed by atoms with Gasteiger partial charge in [0.15, 0.2) is 0 Å². The lowest BCUT2D eigenvalue weighted by Gasteiger charge is -2.09. The third-order valence-electron chi connectivity index (χ3n) is 2.76. The van der Waals surface area contributed by atoms with Gasteiger partial charge < -0.3 is 10.1 Å². The molecule has 18 heavy (non-hydrogen) atoms. The molecule has 3 heteroatoms. The van der Waals surface area contributed by atoms with Crippen LogP contribution >= 0.6 is 0 Å². The molecule has 1 aromatic heterocycles. The molecule has 3 nitrogen and oxygen atoms in total. The number of nitrogens with one attached hydrogen (secondary N) is 1. The highest BCUT2D eigenvalue weighted by Gasteiger charge is 2.04. The first-order chi connectivity index (χ1) is 8.83. The first kappa shape index (κ1) is 12.6. The second-order valence-corrected chi connectivity index (χ2v) is 4.10. The van der Waals surface area contributed by atoms with E-state index in [0.717, 1.165) is 24.3 Å². The monoisotopic (exact) mass is 242 g/mol. The van der Waals surface area contributed by atoms with Crippen LogP contribution in [0.3, 0.4) is 0 Å². The highest BCUT2D eigenvalue weighted by atomic mass is 16.5. The zero-order chi connectivity index (χ0) is 12.8. The van der Waals surface area contributed by atoms with Crippen molar-refractivity contribution in [3.05, 3.63) is 53.7 Å². The fourth-order valence-corrected chi connectivity index (χ4v) is 1.75. The van der Waals surface area contributed by atoms with Gasteiger partial charge in [-0.15, -0.1) is 0 Å². The largest absolute Gasteiger partial charge is 0.439 e. The number of aryl methyl sites for hydroxylation is 1. The Hall–Kier alpha value is -1.87. The van der Waals surface area contributed by atoms with Crippen molar-refractivity contribution in [2.45, 2.75) is 19.9 Å². The van der Waals surface area contributed by atoms with Gasteiger partial charge in [0.1, 0.15) is 5.75 Å². The first-order valence-electron chi connectivity index (χ1n) is 6.18. The van der Waals surface area contributed by atoms with E-state index in [1.165, 1.54) is 5.56 Å². The van der Waals surface area contributed by atoms with E-state index in [1.54, 1.807) is 6.20 Å². The molecule has 0 atom stereocenters. The molecule has 94 valence electrons. The van der Waals surface area contributed by atoms with Gasteiger partial charge in [-0.25, -0.2) is 4.98 Å². The summed E-state index contributed by atoms with van der Waals surface area (Å²) in [6.45, 7) is 2.88. The molecule has 0 unspecified atom stereocenters. The van der Waals surface area contributed by atoms with Crippen LogP contribution in [-0.2, 0) is 13.0 Å². The van der Waals surface area contributed by atoms with E-state index in [4.69, 9.17) is 4.74 Å². The Bertz CT molecular complexity index is 494. The summed E-state index contributed by atoms with van der Waals surface area (Å²) < 4.78 is 5.81. The highest BCUT2D eigenvalue weighted by molar-refractivity contribution is 5.33. The molecule has 1 heterocycles. The molecule has 0 fully saturated rings. The molecule has 0 aliphatic carbocycles. The highest BCUT2D eigenvalue weighted by Crippen LogP contribution is 2.23. The van der Waals surface area contributed by atoms with Crippen molar-refractivity contribution in [1.82, 2.24) is 10.3 Å². The molecule has 0 saturated carbocycles. The Labute approximate surface area is 108 Å². The molecule has 0 radical (unpaired) electrons. The molecule has 0 spiro atoms. The van der Waals surface area contributed by atoms with Gasteiger partial charge in [-0.2, -0.15) is 0 Å².